The molecule has 0 saturated carbocycles. The number of rotatable bonds is 5. The lowest BCUT2D eigenvalue weighted by atomic mass is 10.1. The average Bonchev–Trinajstić information content (AvgIpc) is 2.26. The second-order valence-corrected chi connectivity index (χ2v) is 4.20. The van der Waals surface area contributed by atoms with Gasteiger partial charge in [-0.25, -0.2) is 0 Å². The van der Waals surface area contributed by atoms with Gasteiger partial charge in [-0.15, -0.1) is 0 Å². The molecule has 1 rings (SSSR count). The van der Waals surface area contributed by atoms with Crippen LogP contribution in [0.4, 0.5) is 5.69 Å². The minimum Gasteiger partial charge on any atom is -0.398 e. The van der Waals surface area contributed by atoms with E-state index in [1.54, 1.807) is 13.2 Å². The summed E-state index contributed by atoms with van der Waals surface area (Å²) in [5.41, 5.74) is 7.78. The summed E-state index contributed by atoms with van der Waals surface area (Å²) in [5.74, 6) is -0.121. The quantitative estimate of drug-likeness (QED) is 0.765. The number of anilines is 1. The van der Waals surface area contributed by atoms with Gasteiger partial charge in [-0.1, -0.05) is 12.1 Å². The number of hydrogen-bond acceptors (Lipinski definition) is 3. The largest absolute Gasteiger partial charge is 0.398 e. The fourth-order valence-electron chi connectivity index (χ4n) is 1.66. The number of ether oxygens (including phenoxy) is 1. The van der Waals surface area contributed by atoms with Gasteiger partial charge in [0, 0.05) is 25.4 Å². The van der Waals surface area contributed by atoms with E-state index >= 15 is 0 Å². The van der Waals surface area contributed by atoms with Gasteiger partial charge in [-0.3, -0.25) is 4.79 Å². The zero-order valence-corrected chi connectivity index (χ0v) is 10.6. The first kappa shape index (κ1) is 13.5. The summed E-state index contributed by atoms with van der Waals surface area (Å²) in [4.78, 5) is 12.0. The maximum absolute atomic E-state index is 12.0. The lowest BCUT2D eigenvalue weighted by Gasteiger charge is -2.15. The van der Waals surface area contributed by atoms with Gasteiger partial charge >= 0.3 is 0 Å². The minimum atomic E-state index is -0.121. The van der Waals surface area contributed by atoms with Crippen molar-refractivity contribution < 1.29 is 9.53 Å². The van der Waals surface area contributed by atoms with E-state index in [4.69, 9.17) is 10.5 Å². The van der Waals surface area contributed by atoms with E-state index in [-0.39, 0.29) is 11.9 Å². The van der Waals surface area contributed by atoms with Gasteiger partial charge in [0.15, 0.2) is 0 Å². The fourth-order valence-corrected chi connectivity index (χ4v) is 1.66. The predicted molar refractivity (Wildman–Crippen MR) is 69.0 cm³/mol. The second kappa shape index (κ2) is 6.25. The SMILES string of the molecule is COCCC(C)NC(=O)c1c(C)cccc1N. The van der Waals surface area contributed by atoms with Crippen LogP contribution in [-0.2, 0) is 4.74 Å². The van der Waals surface area contributed by atoms with Crippen molar-refractivity contribution in [1.29, 1.82) is 0 Å². The van der Waals surface area contributed by atoms with Crippen molar-refractivity contribution in [3.05, 3.63) is 29.3 Å². The number of carbonyl (C=O) groups is 1. The average molecular weight is 236 g/mol. The summed E-state index contributed by atoms with van der Waals surface area (Å²) in [6.07, 6.45) is 0.786. The third-order valence-electron chi connectivity index (χ3n) is 2.66. The zero-order chi connectivity index (χ0) is 12.8. The highest BCUT2D eigenvalue weighted by Crippen LogP contribution is 2.16. The third kappa shape index (κ3) is 3.75. The van der Waals surface area contributed by atoms with Crippen molar-refractivity contribution in [3.63, 3.8) is 0 Å². The number of nitrogens with one attached hydrogen (secondary N) is 1. The molecule has 0 fully saturated rings. The van der Waals surface area contributed by atoms with Crippen LogP contribution < -0.4 is 11.1 Å². The van der Waals surface area contributed by atoms with E-state index in [9.17, 15) is 4.79 Å². The van der Waals surface area contributed by atoms with Crippen LogP contribution in [0.25, 0.3) is 0 Å². The maximum atomic E-state index is 12.0. The highest BCUT2D eigenvalue weighted by molar-refractivity contribution is 6.00. The molecule has 0 bridgehead atoms. The van der Waals surface area contributed by atoms with Gasteiger partial charge < -0.3 is 15.8 Å². The summed E-state index contributed by atoms with van der Waals surface area (Å²) in [6.45, 7) is 4.46. The molecular formula is C13H20N2O2. The summed E-state index contributed by atoms with van der Waals surface area (Å²) in [7, 11) is 1.65. The number of carbonyl (C=O) groups excluding carboxylic acids is 1. The molecule has 1 atom stereocenters. The number of hydrogen-bond donors (Lipinski definition) is 2. The lowest BCUT2D eigenvalue weighted by molar-refractivity contribution is 0.0930. The number of nitrogen functional groups attached to an aromatic ring is 1. The molecule has 1 unspecified atom stereocenters. The van der Waals surface area contributed by atoms with Crippen LogP contribution in [0.15, 0.2) is 18.2 Å². The van der Waals surface area contributed by atoms with Crippen LogP contribution >= 0.6 is 0 Å². The summed E-state index contributed by atoms with van der Waals surface area (Å²) in [6, 6.07) is 5.53. The molecule has 94 valence electrons. The molecule has 0 aromatic heterocycles. The molecular weight excluding hydrogens is 216 g/mol. The molecule has 0 heterocycles. The van der Waals surface area contributed by atoms with E-state index in [2.05, 4.69) is 5.32 Å². The first-order valence-electron chi connectivity index (χ1n) is 5.71. The van der Waals surface area contributed by atoms with Crippen molar-refractivity contribution in [1.82, 2.24) is 5.32 Å². The van der Waals surface area contributed by atoms with Crippen LogP contribution in [0.1, 0.15) is 29.3 Å². The Labute approximate surface area is 102 Å². The monoisotopic (exact) mass is 236 g/mol. The molecule has 0 spiro atoms. The lowest BCUT2D eigenvalue weighted by Crippen LogP contribution is -2.34. The second-order valence-electron chi connectivity index (χ2n) is 4.20. The molecule has 0 aliphatic rings. The molecule has 1 amide bonds. The molecule has 0 saturated heterocycles. The number of nitrogens with two attached hydrogens (primary N) is 1. The molecule has 1 aromatic carbocycles. The van der Waals surface area contributed by atoms with Crippen molar-refractivity contribution >= 4 is 11.6 Å². The van der Waals surface area contributed by atoms with Crippen molar-refractivity contribution in [2.45, 2.75) is 26.3 Å². The molecule has 0 aliphatic carbocycles. The smallest absolute Gasteiger partial charge is 0.253 e. The standard InChI is InChI=1S/C13H20N2O2/c1-9-5-4-6-11(14)12(9)13(16)15-10(2)7-8-17-3/h4-6,10H,7-8,14H2,1-3H3,(H,15,16). The molecule has 1 aromatic rings. The number of benzene rings is 1. The highest BCUT2D eigenvalue weighted by atomic mass is 16.5. The molecule has 4 nitrogen and oxygen atoms in total. The van der Waals surface area contributed by atoms with Crippen molar-refractivity contribution in [2.75, 3.05) is 19.5 Å². The Morgan fingerprint density at radius 1 is 1.53 bits per heavy atom. The number of aryl methyl sites for hydroxylation is 1. The van der Waals surface area contributed by atoms with Crippen LogP contribution in [-0.4, -0.2) is 25.7 Å². The van der Waals surface area contributed by atoms with E-state index < -0.39 is 0 Å². The summed E-state index contributed by atoms with van der Waals surface area (Å²) in [5, 5.41) is 2.91. The summed E-state index contributed by atoms with van der Waals surface area (Å²) >= 11 is 0. The Hall–Kier alpha value is -1.55. The van der Waals surface area contributed by atoms with E-state index in [1.165, 1.54) is 0 Å². The first-order valence-corrected chi connectivity index (χ1v) is 5.71. The van der Waals surface area contributed by atoms with Crippen LogP contribution in [0.2, 0.25) is 0 Å². The van der Waals surface area contributed by atoms with E-state index in [1.807, 2.05) is 26.0 Å². The van der Waals surface area contributed by atoms with Gasteiger partial charge in [0.05, 0.1) is 5.56 Å². The van der Waals surface area contributed by atoms with Crippen LogP contribution in [0.3, 0.4) is 0 Å². The number of methoxy groups -OCH3 is 1. The Balaban J connectivity index is 2.70. The van der Waals surface area contributed by atoms with E-state index in [0.717, 1.165) is 12.0 Å². The number of amides is 1. The van der Waals surface area contributed by atoms with Crippen LogP contribution in [0, 0.1) is 6.92 Å². The Kier molecular flexibility index (Phi) is 4.97. The Morgan fingerprint density at radius 2 is 2.24 bits per heavy atom. The topological polar surface area (TPSA) is 64.3 Å². The van der Waals surface area contributed by atoms with Crippen molar-refractivity contribution in [3.8, 4) is 0 Å². The molecule has 0 radical (unpaired) electrons. The first-order chi connectivity index (χ1) is 8.06. The fraction of sp³-hybridized carbons (Fsp3) is 0.462. The summed E-state index contributed by atoms with van der Waals surface area (Å²) < 4.78 is 4.97. The molecule has 4 heteroatoms. The Bertz CT molecular complexity index is 371. The van der Waals surface area contributed by atoms with Gasteiger partial charge in [-0.05, 0) is 31.9 Å². The van der Waals surface area contributed by atoms with Crippen molar-refractivity contribution in [2.24, 2.45) is 0 Å². The van der Waals surface area contributed by atoms with Gasteiger partial charge in [0.1, 0.15) is 0 Å². The van der Waals surface area contributed by atoms with Gasteiger partial charge in [-0.2, -0.15) is 0 Å². The molecule has 0 aliphatic heterocycles. The van der Waals surface area contributed by atoms with E-state index in [0.29, 0.717) is 17.9 Å². The van der Waals surface area contributed by atoms with Crippen LogP contribution in [0.5, 0.6) is 0 Å². The van der Waals surface area contributed by atoms with Gasteiger partial charge in [0.25, 0.3) is 5.91 Å². The molecule has 3 N–H and O–H groups in total. The molecule has 17 heavy (non-hydrogen) atoms. The predicted octanol–water partition coefficient (Wildman–Crippen LogP) is 1.73. The Morgan fingerprint density at radius 3 is 2.82 bits per heavy atom. The highest BCUT2D eigenvalue weighted by Gasteiger charge is 2.14. The maximum Gasteiger partial charge on any atom is 0.253 e. The normalized spacial score (nSPS) is 12.2. The minimum absolute atomic E-state index is 0.0708. The van der Waals surface area contributed by atoms with Gasteiger partial charge in [0.2, 0.25) is 0 Å². The third-order valence-corrected chi connectivity index (χ3v) is 2.66. The zero-order valence-electron chi connectivity index (χ0n) is 10.6.